The van der Waals surface area contributed by atoms with Gasteiger partial charge in [0.1, 0.15) is 6.61 Å². The second-order valence-corrected chi connectivity index (χ2v) is 1.98. The number of aliphatic hydroxyl groups excluding tert-OH is 1. The van der Waals surface area contributed by atoms with Crippen LogP contribution in [0, 0.1) is 5.92 Å². The fraction of sp³-hybridized carbons (Fsp3) is 0.833. The summed E-state index contributed by atoms with van der Waals surface area (Å²) in [5.74, 6) is -0.343. The SMILES string of the molecule is COCC(=O)C(C)CO. The summed E-state index contributed by atoms with van der Waals surface area (Å²) in [5.41, 5.74) is 0. The molecule has 0 fully saturated rings. The third kappa shape index (κ3) is 3.21. The van der Waals surface area contributed by atoms with Crippen molar-refractivity contribution in [2.75, 3.05) is 20.3 Å². The van der Waals surface area contributed by atoms with Crippen LogP contribution < -0.4 is 0 Å². The van der Waals surface area contributed by atoms with Crippen LogP contribution in [0.3, 0.4) is 0 Å². The highest BCUT2D eigenvalue weighted by atomic mass is 16.5. The van der Waals surface area contributed by atoms with E-state index in [9.17, 15) is 4.79 Å². The van der Waals surface area contributed by atoms with Crippen LogP contribution in [-0.2, 0) is 9.53 Å². The summed E-state index contributed by atoms with van der Waals surface area (Å²) in [5, 5.41) is 8.46. The van der Waals surface area contributed by atoms with Crippen molar-refractivity contribution in [1.82, 2.24) is 0 Å². The van der Waals surface area contributed by atoms with E-state index >= 15 is 0 Å². The molecule has 3 nitrogen and oxygen atoms in total. The van der Waals surface area contributed by atoms with Crippen molar-refractivity contribution in [2.24, 2.45) is 5.92 Å². The zero-order chi connectivity index (χ0) is 7.28. The molecule has 0 heterocycles. The van der Waals surface area contributed by atoms with Crippen LogP contribution in [0.2, 0.25) is 0 Å². The molecule has 0 aromatic heterocycles. The van der Waals surface area contributed by atoms with E-state index < -0.39 is 0 Å². The lowest BCUT2D eigenvalue weighted by molar-refractivity contribution is -0.127. The van der Waals surface area contributed by atoms with Crippen molar-refractivity contribution in [3.63, 3.8) is 0 Å². The Hall–Kier alpha value is -0.410. The van der Waals surface area contributed by atoms with Gasteiger partial charge in [-0.05, 0) is 0 Å². The number of hydrogen-bond donors (Lipinski definition) is 1. The Morgan fingerprint density at radius 2 is 2.33 bits per heavy atom. The van der Waals surface area contributed by atoms with Gasteiger partial charge >= 0.3 is 0 Å². The molecule has 0 aliphatic carbocycles. The summed E-state index contributed by atoms with van der Waals surface area (Å²) in [6.07, 6.45) is 0. The molecule has 0 aliphatic rings. The average molecular weight is 132 g/mol. The number of hydrogen-bond acceptors (Lipinski definition) is 3. The van der Waals surface area contributed by atoms with E-state index in [4.69, 9.17) is 5.11 Å². The van der Waals surface area contributed by atoms with Crippen LogP contribution in [0.4, 0.5) is 0 Å². The highest BCUT2D eigenvalue weighted by Crippen LogP contribution is 1.93. The summed E-state index contributed by atoms with van der Waals surface area (Å²) < 4.78 is 4.57. The number of aliphatic hydroxyl groups is 1. The quantitative estimate of drug-likeness (QED) is 0.577. The van der Waals surface area contributed by atoms with Crippen LogP contribution >= 0.6 is 0 Å². The number of carbonyl (C=O) groups excluding carboxylic acids is 1. The molecule has 1 atom stereocenters. The monoisotopic (exact) mass is 132 g/mol. The van der Waals surface area contributed by atoms with E-state index in [2.05, 4.69) is 4.74 Å². The van der Waals surface area contributed by atoms with E-state index in [-0.39, 0.29) is 24.9 Å². The Kier molecular flexibility index (Phi) is 4.26. The molecular weight excluding hydrogens is 120 g/mol. The maximum Gasteiger partial charge on any atom is 0.163 e. The molecule has 0 saturated carbocycles. The maximum absolute atomic E-state index is 10.7. The smallest absolute Gasteiger partial charge is 0.163 e. The molecule has 0 aromatic carbocycles. The number of ketones is 1. The Morgan fingerprint density at radius 1 is 1.78 bits per heavy atom. The minimum atomic E-state index is -0.287. The minimum absolute atomic E-state index is 0.0556. The van der Waals surface area contributed by atoms with Crippen LogP contribution in [0.1, 0.15) is 6.92 Å². The molecule has 0 rings (SSSR count). The Morgan fingerprint density at radius 3 is 2.67 bits per heavy atom. The fourth-order valence-electron chi connectivity index (χ4n) is 0.386. The molecule has 1 N–H and O–H groups in total. The zero-order valence-electron chi connectivity index (χ0n) is 5.76. The Labute approximate surface area is 54.6 Å². The molecule has 1 unspecified atom stereocenters. The summed E-state index contributed by atoms with van der Waals surface area (Å²) >= 11 is 0. The van der Waals surface area contributed by atoms with Gasteiger partial charge in [-0.1, -0.05) is 6.92 Å². The van der Waals surface area contributed by atoms with E-state index in [1.54, 1.807) is 6.92 Å². The molecule has 3 heteroatoms. The van der Waals surface area contributed by atoms with Gasteiger partial charge in [0.05, 0.1) is 6.61 Å². The standard InChI is InChI=1S/C6H12O3/c1-5(3-7)6(8)4-9-2/h5,7H,3-4H2,1-2H3. The van der Waals surface area contributed by atoms with Gasteiger partial charge in [0.15, 0.2) is 5.78 Å². The highest BCUT2D eigenvalue weighted by molar-refractivity contribution is 5.81. The minimum Gasteiger partial charge on any atom is -0.396 e. The largest absolute Gasteiger partial charge is 0.396 e. The Balaban J connectivity index is 3.46. The van der Waals surface area contributed by atoms with Crippen LogP contribution in [0.25, 0.3) is 0 Å². The van der Waals surface area contributed by atoms with Crippen LogP contribution in [0.15, 0.2) is 0 Å². The lowest BCUT2D eigenvalue weighted by Gasteiger charge is -2.03. The second kappa shape index (κ2) is 4.47. The third-order valence-corrected chi connectivity index (χ3v) is 1.11. The van der Waals surface area contributed by atoms with Gasteiger partial charge in [0.2, 0.25) is 0 Å². The first-order valence-electron chi connectivity index (χ1n) is 2.85. The van der Waals surface area contributed by atoms with Crippen molar-refractivity contribution in [1.29, 1.82) is 0 Å². The normalized spacial score (nSPS) is 13.2. The summed E-state index contributed by atoms with van der Waals surface area (Å²) in [6.45, 7) is 1.67. The van der Waals surface area contributed by atoms with Gasteiger partial charge in [-0.25, -0.2) is 0 Å². The van der Waals surface area contributed by atoms with E-state index in [1.807, 2.05) is 0 Å². The van der Waals surface area contributed by atoms with Crippen LogP contribution in [0.5, 0.6) is 0 Å². The fourth-order valence-corrected chi connectivity index (χ4v) is 0.386. The van der Waals surface area contributed by atoms with Gasteiger partial charge in [0.25, 0.3) is 0 Å². The molecule has 0 amide bonds. The van der Waals surface area contributed by atoms with E-state index in [0.29, 0.717) is 0 Å². The molecule has 0 saturated heterocycles. The number of carbonyl (C=O) groups is 1. The molecule has 9 heavy (non-hydrogen) atoms. The van der Waals surface area contributed by atoms with Gasteiger partial charge in [-0.3, -0.25) is 4.79 Å². The Bertz CT molecular complexity index is 90.3. The summed E-state index contributed by atoms with van der Waals surface area (Å²) in [4.78, 5) is 10.7. The lowest BCUT2D eigenvalue weighted by atomic mass is 10.1. The second-order valence-electron chi connectivity index (χ2n) is 1.98. The molecule has 0 aliphatic heterocycles. The number of methoxy groups -OCH3 is 1. The number of Topliss-reactive ketones (excluding diaryl/α,β-unsaturated/α-hetero) is 1. The molecule has 0 aromatic rings. The topological polar surface area (TPSA) is 46.5 Å². The molecule has 54 valence electrons. The van der Waals surface area contributed by atoms with Gasteiger partial charge in [0, 0.05) is 13.0 Å². The third-order valence-electron chi connectivity index (χ3n) is 1.11. The molecule has 0 radical (unpaired) electrons. The van der Waals surface area contributed by atoms with Crippen molar-refractivity contribution in [3.05, 3.63) is 0 Å². The van der Waals surface area contributed by atoms with E-state index in [1.165, 1.54) is 7.11 Å². The van der Waals surface area contributed by atoms with Crippen molar-refractivity contribution in [3.8, 4) is 0 Å². The summed E-state index contributed by atoms with van der Waals surface area (Å²) in [6, 6.07) is 0. The number of ether oxygens (including phenoxy) is 1. The first-order chi connectivity index (χ1) is 4.22. The first kappa shape index (κ1) is 8.59. The van der Waals surface area contributed by atoms with Crippen LogP contribution in [-0.4, -0.2) is 31.2 Å². The van der Waals surface area contributed by atoms with Gasteiger partial charge < -0.3 is 9.84 Å². The number of rotatable bonds is 4. The first-order valence-corrected chi connectivity index (χ1v) is 2.85. The van der Waals surface area contributed by atoms with E-state index in [0.717, 1.165) is 0 Å². The predicted molar refractivity (Wildman–Crippen MR) is 33.1 cm³/mol. The molecule has 0 spiro atoms. The van der Waals surface area contributed by atoms with Gasteiger partial charge in [-0.15, -0.1) is 0 Å². The molecule has 0 bridgehead atoms. The van der Waals surface area contributed by atoms with Gasteiger partial charge in [-0.2, -0.15) is 0 Å². The predicted octanol–water partition coefficient (Wildman–Crippen LogP) is -0.170. The molecular formula is C6H12O3. The van der Waals surface area contributed by atoms with Crippen molar-refractivity contribution < 1.29 is 14.6 Å². The van der Waals surface area contributed by atoms with Crippen molar-refractivity contribution >= 4 is 5.78 Å². The highest BCUT2D eigenvalue weighted by Gasteiger charge is 2.09. The maximum atomic E-state index is 10.7. The zero-order valence-corrected chi connectivity index (χ0v) is 5.76. The summed E-state index contributed by atoms with van der Waals surface area (Å²) in [7, 11) is 1.46. The average Bonchev–Trinajstić information content (AvgIpc) is 1.87. The lowest BCUT2D eigenvalue weighted by Crippen LogP contribution is -2.19. The van der Waals surface area contributed by atoms with Crippen molar-refractivity contribution in [2.45, 2.75) is 6.92 Å².